The summed E-state index contributed by atoms with van der Waals surface area (Å²) in [6, 6.07) is 5.82. The molecular weight excluding hydrogens is 276 g/mol. The molecule has 1 heterocycles. The molecule has 1 unspecified atom stereocenters. The number of rotatable bonds is 4. The van der Waals surface area contributed by atoms with Gasteiger partial charge in [0, 0.05) is 10.9 Å². The van der Waals surface area contributed by atoms with Gasteiger partial charge in [0.25, 0.3) is 0 Å². The van der Waals surface area contributed by atoms with Crippen molar-refractivity contribution in [3.05, 3.63) is 51.2 Å². The summed E-state index contributed by atoms with van der Waals surface area (Å²) in [5.74, 6) is -1.35. The molecule has 0 saturated heterocycles. The third kappa shape index (κ3) is 2.82. The van der Waals surface area contributed by atoms with E-state index >= 15 is 0 Å². The summed E-state index contributed by atoms with van der Waals surface area (Å²) in [5.41, 5.74) is 0.151. The summed E-state index contributed by atoms with van der Waals surface area (Å²) in [4.78, 5) is 1.09. The molecule has 0 radical (unpaired) electrons. The molecule has 2 rings (SSSR count). The van der Waals surface area contributed by atoms with Crippen LogP contribution in [0.3, 0.4) is 0 Å². The van der Waals surface area contributed by atoms with E-state index in [0.29, 0.717) is 0 Å². The van der Waals surface area contributed by atoms with Gasteiger partial charge in [0.15, 0.2) is 5.82 Å². The lowest BCUT2D eigenvalue weighted by Crippen LogP contribution is -2.10. The third-order valence-corrected chi connectivity index (χ3v) is 3.90. The van der Waals surface area contributed by atoms with E-state index in [1.165, 1.54) is 0 Å². The van der Waals surface area contributed by atoms with Crippen molar-refractivity contribution in [3.8, 4) is 0 Å². The molecule has 18 heavy (non-hydrogen) atoms. The van der Waals surface area contributed by atoms with Crippen LogP contribution < -0.4 is 5.32 Å². The molecule has 1 aromatic heterocycles. The lowest BCUT2D eigenvalue weighted by Gasteiger charge is -2.18. The molecule has 5 heteroatoms. The average Bonchev–Trinajstić information content (AvgIpc) is 2.81. The van der Waals surface area contributed by atoms with Crippen molar-refractivity contribution in [2.24, 2.45) is 0 Å². The molecule has 1 N–H and O–H groups in total. The minimum Gasteiger partial charge on any atom is -0.374 e. The highest BCUT2D eigenvalue weighted by molar-refractivity contribution is 7.10. The van der Waals surface area contributed by atoms with Gasteiger partial charge in [0.05, 0.1) is 16.8 Å². The Morgan fingerprint density at radius 2 is 2.17 bits per heavy atom. The second kappa shape index (κ2) is 5.67. The highest BCUT2D eigenvalue weighted by Crippen LogP contribution is 2.32. The monoisotopic (exact) mass is 287 g/mol. The smallest absolute Gasteiger partial charge is 0.150 e. The van der Waals surface area contributed by atoms with Gasteiger partial charge >= 0.3 is 0 Å². The first-order valence-corrected chi connectivity index (χ1v) is 6.82. The third-order valence-electron chi connectivity index (χ3n) is 2.62. The fraction of sp³-hybridized carbons (Fsp3) is 0.231. The van der Waals surface area contributed by atoms with Crippen LogP contribution in [0.4, 0.5) is 14.5 Å². The van der Waals surface area contributed by atoms with Gasteiger partial charge in [-0.2, -0.15) is 0 Å². The van der Waals surface area contributed by atoms with Crippen molar-refractivity contribution >= 4 is 28.6 Å². The Morgan fingerprint density at radius 1 is 1.39 bits per heavy atom. The van der Waals surface area contributed by atoms with E-state index < -0.39 is 11.6 Å². The van der Waals surface area contributed by atoms with Crippen molar-refractivity contribution < 1.29 is 8.78 Å². The Bertz CT molecular complexity index is 505. The van der Waals surface area contributed by atoms with E-state index in [2.05, 4.69) is 5.32 Å². The van der Waals surface area contributed by atoms with E-state index in [9.17, 15) is 8.78 Å². The first kappa shape index (κ1) is 13.3. The SMILES string of the molecule is CCC(Nc1c(F)cc(F)cc1Cl)c1cccs1. The average molecular weight is 288 g/mol. The Labute approximate surface area is 113 Å². The molecule has 0 bridgehead atoms. The van der Waals surface area contributed by atoms with Crippen LogP contribution in [0, 0.1) is 11.6 Å². The zero-order valence-electron chi connectivity index (χ0n) is 9.71. The van der Waals surface area contributed by atoms with Crippen LogP contribution in [-0.2, 0) is 0 Å². The molecule has 2 aromatic rings. The van der Waals surface area contributed by atoms with E-state index in [4.69, 9.17) is 11.6 Å². The van der Waals surface area contributed by atoms with Gasteiger partial charge in [-0.3, -0.25) is 0 Å². The van der Waals surface area contributed by atoms with Crippen molar-refractivity contribution in [1.29, 1.82) is 0 Å². The highest BCUT2D eigenvalue weighted by atomic mass is 35.5. The van der Waals surface area contributed by atoms with Gasteiger partial charge in [-0.1, -0.05) is 24.6 Å². The summed E-state index contributed by atoms with van der Waals surface area (Å²) < 4.78 is 26.6. The molecular formula is C13H12ClF2NS. The normalized spacial score (nSPS) is 12.4. The summed E-state index contributed by atoms with van der Waals surface area (Å²) >= 11 is 7.45. The van der Waals surface area contributed by atoms with Crippen molar-refractivity contribution in [3.63, 3.8) is 0 Å². The number of nitrogens with one attached hydrogen (secondary N) is 1. The molecule has 0 aliphatic carbocycles. The number of halogens is 3. The summed E-state index contributed by atoms with van der Waals surface area (Å²) in [6.07, 6.45) is 0.785. The first-order valence-electron chi connectivity index (χ1n) is 5.56. The molecule has 0 saturated carbocycles. The largest absolute Gasteiger partial charge is 0.374 e. The van der Waals surface area contributed by atoms with Crippen LogP contribution >= 0.6 is 22.9 Å². The fourth-order valence-corrected chi connectivity index (χ4v) is 2.83. The van der Waals surface area contributed by atoms with E-state index in [1.807, 2.05) is 24.4 Å². The van der Waals surface area contributed by atoms with Gasteiger partial charge in [-0.15, -0.1) is 11.3 Å². The predicted molar refractivity (Wildman–Crippen MR) is 72.3 cm³/mol. The zero-order chi connectivity index (χ0) is 13.1. The Hall–Kier alpha value is -1.13. The lowest BCUT2D eigenvalue weighted by molar-refractivity contribution is 0.583. The van der Waals surface area contributed by atoms with Crippen LogP contribution in [0.25, 0.3) is 0 Å². The van der Waals surface area contributed by atoms with E-state index in [1.54, 1.807) is 11.3 Å². The highest BCUT2D eigenvalue weighted by Gasteiger charge is 2.16. The Balaban J connectivity index is 2.28. The number of benzene rings is 1. The van der Waals surface area contributed by atoms with Gasteiger partial charge in [-0.25, -0.2) is 8.78 Å². The molecule has 96 valence electrons. The molecule has 1 aromatic carbocycles. The fourth-order valence-electron chi connectivity index (χ4n) is 1.72. The van der Waals surface area contributed by atoms with Crippen molar-refractivity contribution in [1.82, 2.24) is 0 Å². The van der Waals surface area contributed by atoms with Crippen molar-refractivity contribution in [2.75, 3.05) is 5.32 Å². The maximum atomic E-state index is 13.7. The number of hydrogen-bond donors (Lipinski definition) is 1. The molecule has 1 nitrogen and oxygen atoms in total. The summed E-state index contributed by atoms with van der Waals surface area (Å²) in [5, 5.41) is 5.05. The Kier molecular flexibility index (Phi) is 4.19. The topological polar surface area (TPSA) is 12.0 Å². The van der Waals surface area contributed by atoms with Gasteiger partial charge in [-0.05, 0) is 23.9 Å². The number of anilines is 1. The first-order chi connectivity index (χ1) is 8.61. The van der Waals surface area contributed by atoms with Crippen LogP contribution in [0.15, 0.2) is 29.6 Å². The maximum Gasteiger partial charge on any atom is 0.150 e. The standard InChI is InChI=1S/C13H12ClF2NS/c1-2-11(12-4-3-5-18-12)17-13-9(14)6-8(15)7-10(13)16/h3-7,11,17H,2H2,1H3. The van der Waals surface area contributed by atoms with Crippen LogP contribution in [0.5, 0.6) is 0 Å². The quantitative estimate of drug-likeness (QED) is 0.810. The van der Waals surface area contributed by atoms with Gasteiger partial charge < -0.3 is 5.32 Å². The minimum atomic E-state index is -0.674. The van der Waals surface area contributed by atoms with Crippen molar-refractivity contribution in [2.45, 2.75) is 19.4 Å². The molecule has 0 aliphatic rings. The summed E-state index contributed by atoms with van der Waals surface area (Å²) in [6.45, 7) is 1.99. The van der Waals surface area contributed by atoms with E-state index in [-0.39, 0.29) is 16.8 Å². The molecule has 0 spiro atoms. The second-order valence-corrected chi connectivity index (χ2v) is 5.25. The van der Waals surface area contributed by atoms with Crippen LogP contribution in [-0.4, -0.2) is 0 Å². The molecule has 1 atom stereocenters. The predicted octanol–water partition coefficient (Wildman–Crippen LogP) is 5.24. The number of hydrogen-bond acceptors (Lipinski definition) is 2. The summed E-state index contributed by atoms with van der Waals surface area (Å²) in [7, 11) is 0. The van der Waals surface area contributed by atoms with Crippen LogP contribution in [0.2, 0.25) is 5.02 Å². The van der Waals surface area contributed by atoms with Gasteiger partial charge in [0.2, 0.25) is 0 Å². The van der Waals surface area contributed by atoms with Crippen LogP contribution in [0.1, 0.15) is 24.3 Å². The lowest BCUT2D eigenvalue weighted by atomic mass is 10.1. The second-order valence-electron chi connectivity index (χ2n) is 3.87. The molecule has 0 aliphatic heterocycles. The number of thiophene rings is 1. The maximum absolute atomic E-state index is 13.7. The molecule has 0 fully saturated rings. The Morgan fingerprint density at radius 3 is 2.72 bits per heavy atom. The minimum absolute atomic E-state index is 0.0255. The van der Waals surface area contributed by atoms with E-state index in [0.717, 1.165) is 23.4 Å². The van der Waals surface area contributed by atoms with Gasteiger partial charge in [0.1, 0.15) is 5.82 Å². The molecule has 0 amide bonds. The zero-order valence-corrected chi connectivity index (χ0v) is 11.3.